The van der Waals surface area contributed by atoms with Gasteiger partial charge < -0.3 is 24.6 Å². The number of carbonyl (C=O) groups is 1. The fourth-order valence-electron chi connectivity index (χ4n) is 1.20. The van der Waals surface area contributed by atoms with Gasteiger partial charge in [-0.25, -0.2) is 4.79 Å². The molecule has 0 heterocycles. The van der Waals surface area contributed by atoms with Crippen LogP contribution in [0.1, 0.15) is 40.0 Å². The van der Waals surface area contributed by atoms with Crippen molar-refractivity contribution >= 4 is 6.16 Å². The number of nitrogens with zero attached hydrogens (tertiary/aromatic N) is 3. The Morgan fingerprint density at radius 3 is 2.57 bits per heavy atom. The molecule has 0 spiro atoms. The zero-order valence-corrected chi connectivity index (χ0v) is 13.1. The maximum Gasteiger partial charge on any atom is 0.511 e. The smallest absolute Gasteiger partial charge is 0.511 e. The number of hydrogen-bond donors (Lipinski definition) is 1. The van der Waals surface area contributed by atoms with E-state index in [2.05, 4.69) is 14.9 Å². The lowest BCUT2D eigenvalue weighted by atomic mass is 10.2. The topological polar surface area (TPSA) is 107 Å². The van der Waals surface area contributed by atoms with Gasteiger partial charge in [-0.3, -0.25) is 0 Å². The molecule has 1 N–H and O–H groups in total. The van der Waals surface area contributed by atoms with Crippen molar-refractivity contribution in [3.05, 3.63) is 5.21 Å². The first-order valence-corrected chi connectivity index (χ1v) is 6.74. The fourth-order valence-corrected chi connectivity index (χ4v) is 1.20. The quantitative estimate of drug-likeness (QED) is 0.173. The predicted molar refractivity (Wildman–Crippen MR) is 72.9 cm³/mol. The summed E-state index contributed by atoms with van der Waals surface area (Å²) < 4.78 is 9.44. The molecule has 0 aliphatic carbocycles. The molecule has 0 aliphatic heterocycles. The minimum atomic E-state index is -0.896. The van der Waals surface area contributed by atoms with E-state index in [9.17, 15) is 10.0 Å². The van der Waals surface area contributed by atoms with E-state index in [0.717, 1.165) is 12.8 Å². The van der Waals surface area contributed by atoms with Crippen molar-refractivity contribution < 1.29 is 29.2 Å². The van der Waals surface area contributed by atoms with Crippen LogP contribution in [0.2, 0.25) is 0 Å². The monoisotopic (exact) mass is 307 g/mol. The lowest BCUT2D eigenvalue weighted by Crippen LogP contribution is -2.28. The summed E-state index contributed by atoms with van der Waals surface area (Å²) >= 11 is 0. The first kappa shape index (κ1) is 19.2. The van der Waals surface area contributed by atoms with Gasteiger partial charge in [-0.15, -0.1) is 5.01 Å². The van der Waals surface area contributed by atoms with Crippen LogP contribution in [-0.4, -0.2) is 53.8 Å². The van der Waals surface area contributed by atoms with Crippen molar-refractivity contribution in [1.82, 2.24) is 5.01 Å². The van der Waals surface area contributed by atoms with Gasteiger partial charge in [-0.1, -0.05) is 0 Å². The van der Waals surface area contributed by atoms with Crippen LogP contribution in [0, 0.1) is 5.21 Å². The van der Waals surface area contributed by atoms with E-state index >= 15 is 0 Å². The van der Waals surface area contributed by atoms with Gasteiger partial charge in [-0.05, 0) is 40.0 Å². The molecule has 0 bridgehead atoms. The van der Waals surface area contributed by atoms with E-state index in [1.807, 2.05) is 0 Å². The Balaban J connectivity index is 3.83. The highest BCUT2D eigenvalue weighted by Crippen LogP contribution is 2.07. The highest BCUT2D eigenvalue weighted by Gasteiger charge is 2.17. The maximum absolute atomic E-state index is 11.4. The first-order valence-electron chi connectivity index (χ1n) is 6.74. The second-order valence-corrected chi connectivity index (χ2v) is 5.36. The van der Waals surface area contributed by atoms with Gasteiger partial charge in [0.05, 0.1) is 18.6 Å². The third kappa shape index (κ3) is 11.7. The molecule has 0 aromatic rings. The van der Waals surface area contributed by atoms with E-state index in [0.29, 0.717) is 13.0 Å². The van der Waals surface area contributed by atoms with E-state index in [-0.39, 0.29) is 11.6 Å². The molecule has 0 saturated heterocycles. The van der Waals surface area contributed by atoms with Gasteiger partial charge in [0.2, 0.25) is 5.28 Å². The first-order chi connectivity index (χ1) is 9.76. The standard InChI is InChI=1S/C12H25N3O6/c1-12(2,3)21-11(17)19-10-20-13-15(18)14(4)8-6-5-7-9-16/h16H,5-10H2,1-4H3/b15-13-. The Hall–Kier alpha value is -1.77. The lowest BCUT2D eigenvalue weighted by Gasteiger charge is -2.18. The van der Waals surface area contributed by atoms with Crippen molar-refractivity contribution in [2.45, 2.75) is 45.6 Å². The minimum absolute atomic E-state index is 0.139. The zero-order chi connectivity index (χ0) is 16.3. The van der Waals surface area contributed by atoms with Crippen molar-refractivity contribution in [2.24, 2.45) is 5.28 Å². The summed E-state index contributed by atoms with van der Waals surface area (Å²) in [7, 11) is 1.55. The van der Waals surface area contributed by atoms with E-state index in [1.54, 1.807) is 27.8 Å². The number of hydrogen-bond acceptors (Lipinski definition) is 7. The molecule has 9 nitrogen and oxygen atoms in total. The van der Waals surface area contributed by atoms with Gasteiger partial charge in [0, 0.05) is 6.61 Å². The summed E-state index contributed by atoms with van der Waals surface area (Å²) in [5, 5.41) is 24.5. The number of aliphatic hydroxyl groups is 1. The van der Waals surface area contributed by atoms with Crippen LogP contribution < -0.4 is 0 Å². The molecule has 0 aromatic carbocycles. The van der Waals surface area contributed by atoms with Crippen LogP contribution in [0.15, 0.2) is 5.28 Å². The van der Waals surface area contributed by atoms with E-state index < -0.39 is 18.5 Å². The van der Waals surface area contributed by atoms with Crippen LogP contribution in [-0.2, 0) is 14.3 Å². The largest absolute Gasteiger partial charge is 0.569 e. The Kier molecular flexibility index (Phi) is 9.18. The number of ether oxygens (including phenoxy) is 2. The molecule has 0 fully saturated rings. The molecular weight excluding hydrogens is 282 g/mol. The average Bonchev–Trinajstić information content (AvgIpc) is 2.37. The molecule has 0 atom stereocenters. The zero-order valence-electron chi connectivity index (χ0n) is 13.1. The van der Waals surface area contributed by atoms with Crippen molar-refractivity contribution in [3.63, 3.8) is 0 Å². The van der Waals surface area contributed by atoms with Crippen LogP contribution in [0.3, 0.4) is 0 Å². The normalized spacial score (nSPS) is 12.0. The lowest BCUT2D eigenvalue weighted by molar-refractivity contribution is -0.706. The second kappa shape index (κ2) is 10.0. The molecule has 0 aromatic heterocycles. The molecule has 0 saturated carbocycles. The summed E-state index contributed by atoms with van der Waals surface area (Å²) in [6.45, 7) is 5.20. The average molecular weight is 307 g/mol. The minimum Gasteiger partial charge on any atom is -0.569 e. The number of aliphatic hydroxyl groups excluding tert-OH is 1. The van der Waals surface area contributed by atoms with Gasteiger partial charge >= 0.3 is 6.16 Å². The number of rotatable bonds is 9. The molecule has 0 unspecified atom stereocenters. The molecule has 0 rings (SSSR count). The SMILES string of the molecule is CN(CCCCCO)/[N+]([O-])=N/OCOC(=O)OC(C)(C)C. The molecule has 0 amide bonds. The highest BCUT2D eigenvalue weighted by molar-refractivity contribution is 5.60. The fraction of sp³-hybridized carbons (Fsp3) is 0.917. The summed E-state index contributed by atoms with van der Waals surface area (Å²) in [4.78, 5) is 16.0. The molecule has 124 valence electrons. The maximum atomic E-state index is 11.4. The molecular formula is C12H25N3O6. The van der Waals surface area contributed by atoms with Gasteiger partial charge in [0.1, 0.15) is 5.60 Å². The third-order valence-electron chi connectivity index (χ3n) is 2.18. The van der Waals surface area contributed by atoms with Crippen molar-refractivity contribution in [1.29, 1.82) is 0 Å². The van der Waals surface area contributed by atoms with Crippen molar-refractivity contribution in [2.75, 3.05) is 27.0 Å². The van der Waals surface area contributed by atoms with Crippen molar-refractivity contribution in [3.8, 4) is 0 Å². The van der Waals surface area contributed by atoms with Gasteiger partial charge in [0.15, 0.2) is 0 Å². The van der Waals surface area contributed by atoms with Gasteiger partial charge in [-0.2, -0.15) is 0 Å². The molecule has 0 radical (unpaired) electrons. The number of hydrazine groups is 1. The van der Waals surface area contributed by atoms with Crippen LogP contribution in [0.25, 0.3) is 0 Å². The Morgan fingerprint density at radius 1 is 1.33 bits per heavy atom. The Morgan fingerprint density at radius 2 is 2.00 bits per heavy atom. The Labute approximate surface area is 124 Å². The highest BCUT2D eigenvalue weighted by atomic mass is 16.8. The molecule has 21 heavy (non-hydrogen) atoms. The number of carbonyl (C=O) groups excluding carboxylic acids is 1. The summed E-state index contributed by atoms with van der Waals surface area (Å²) in [6.07, 6.45) is 1.37. The van der Waals surface area contributed by atoms with E-state index in [4.69, 9.17) is 9.84 Å². The summed E-state index contributed by atoms with van der Waals surface area (Å²) in [5.41, 5.74) is -0.659. The third-order valence-corrected chi connectivity index (χ3v) is 2.18. The van der Waals surface area contributed by atoms with Gasteiger partial charge in [0.25, 0.3) is 6.79 Å². The van der Waals surface area contributed by atoms with Crippen LogP contribution in [0.4, 0.5) is 4.79 Å². The van der Waals surface area contributed by atoms with Crippen LogP contribution in [0.5, 0.6) is 0 Å². The predicted octanol–water partition coefficient (Wildman–Crippen LogP) is 1.80. The molecule has 0 aliphatic rings. The van der Waals surface area contributed by atoms with E-state index in [1.165, 1.54) is 5.01 Å². The summed E-state index contributed by atoms with van der Waals surface area (Å²) in [5.74, 6) is 0. The van der Waals surface area contributed by atoms with Crippen LogP contribution >= 0.6 is 0 Å². The second-order valence-electron chi connectivity index (χ2n) is 5.36. The summed E-state index contributed by atoms with van der Waals surface area (Å²) in [6, 6.07) is 0. The molecule has 9 heteroatoms. The number of unbranched alkanes of at least 4 members (excludes halogenated alkanes) is 2. The Bertz CT molecular complexity index is 329.